The number of rotatable bonds is 6. The second-order valence-electron chi connectivity index (χ2n) is 7.54. The largest absolute Gasteiger partial charge is 0.493 e. The molecule has 0 unspecified atom stereocenters. The summed E-state index contributed by atoms with van der Waals surface area (Å²) in [6.45, 7) is 0.226. The molecule has 2 atom stereocenters. The van der Waals surface area contributed by atoms with Gasteiger partial charge < -0.3 is 20.5 Å². The number of carboxylic acid groups (broad SMARTS) is 1. The summed E-state index contributed by atoms with van der Waals surface area (Å²) in [4.78, 5) is 35.0. The highest BCUT2D eigenvalue weighted by Crippen LogP contribution is 2.60. The smallest absolute Gasteiger partial charge is 0.322 e. The number of anilines is 1. The number of nitrogens with one attached hydrogen (secondary N) is 2. The number of amides is 2. The third-order valence-corrected chi connectivity index (χ3v) is 5.64. The van der Waals surface area contributed by atoms with E-state index in [1.807, 2.05) is 24.3 Å². The lowest BCUT2D eigenvalue weighted by molar-refractivity contribution is -0.137. The summed E-state index contributed by atoms with van der Waals surface area (Å²) in [7, 11) is 0. The van der Waals surface area contributed by atoms with E-state index in [1.165, 1.54) is 0 Å². The first-order valence-corrected chi connectivity index (χ1v) is 9.58. The highest BCUT2D eigenvalue weighted by atomic mass is 16.5. The number of para-hydroxylation sites is 1. The molecule has 7 nitrogen and oxygen atoms in total. The van der Waals surface area contributed by atoms with Crippen LogP contribution in [0.25, 0.3) is 0 Å². The van der Waals surface area contributed by atoms with Crippen LogP contribution in [0.1, 0.15) is 24.0 Å². The second-order valence-corrected chi connectivity index (χ2v) is 7.54. The van der Waals surface area contributed by atoms with Crippen LogP contribution in [0.15, 0.2) is 48.5 Å². The van der Waals surface area contributed by atoms with Gasteiger partial charge in [0.2, 0.25) is 11.8 Å². The maximum absolute atomic E-state index is 12.8. The Bertz CT molecular complexity index is 956. The Morgan fingerprint density at radius 2 is 1.86 bits per heavy atom. The quantitative estimate of drug-likeness (QED) is 0.696. The van der Waals surface area contributed by atoms with Gasteiger partial charge in [0.05, 0.1) is 13.0 Å². The van der Waals surface area contributed by atoms with Crippen LogP contribution in [-0.4, -0.2) is 36.0 Å². The summed E-state index contributed by atoms with van der Waals surface area (Å²) in [5.41, 5.74) is 2.41. The normalized spacial score (nSPS) is 21.6. The van der Waals surface area contributed by atoms with Crippen LogP contribution in [0.2, 0.25) is 0 Å². The van der Waals surface area contributed by atoms with Gasteiger partial charge in [-0.25, -0.2) is 0 Å². The molecule has 3 N–H and O–H groups in total. The molecule has 1 aliphatic carbocycles. The molecule has 150 valence electrons. The fourth-order valence-corrected chi connectivity index (χ4v) is 4.06. The molecular weight excluding hydrogens is 372 g/mol. The Hall–Kier alpha value is -3.35. The molecule has 0 radical (unpaired) electrons. The first-order valence-electron chi connectivity index (χ1n) is 9.58. The van der Waals surface area contributed by atoms with E-state index < -0.39 is 12.5 Å². The fraction of sp³-hybridized carbons (Fsp3) is 0.318. The third kappa shape index (κ3) is 3.94. The van der Waals surface area contributed by atoms with E-state index in [4.69, 9.17) is 9.84 Å². The zero-order chi connectivity index (χ0) is 20.4. The molecule has 0 bridgehead atoms. The highest BCUT2D eigenvalue weighted by molar-refractivity contribution is 5.96. The number of fused-ring (bicyclic) bond motifs is 2. The molecule has 1 fully saturated rings. The molecule has 4 rings (SSSR count). The van der Waals surface area contributed by atoms with Crippen molar-refractivity contribution in [1.82, 2.24) is 5.32 Å². The van der Waals surface area contributed by atoms with E-state index in [-0.39, 0.29) is 29.6 Å². The summed E-state index contributed by atoms with van der Waals surface area (Å²) in [5, 5.41) is 13.9. The van der Waals surface area contributed by atoms with Crippen molar-refractivity contribution in [1.29, 1.82) is 0 Å². The minimum Gasteiger partial charge on any atom is -0.493 e. The molecule has 29 heavy (non-hydrogen) atoms. The number of aliphatic carboxylic acids is 1. The standard InChI is InChI=1S/C22H22N2O5/c25-19(23-13-20(26)27)11-14-5-7-15(8-6-14)24-21(28)17-12-22(17)9-10-29-18-4-2-1-3-16(18)22/h1-8,17H,9-13H2,(H,23,25)(H,24,28)(H,26,27)/t17-,22-/m0/s1. The molecule has 2 aliphatic rings. The minimum atomic E-state index is -1.08. The summed E-state index contributed by atoms with van der Waals surface area (Å²) in [5.74, 6) is -0.647. The number of carboxylic acids is 1. The molecular formula is C22H22N2O5. The zero-order valence-corrected chi connectivity index (χ0v) is 15.8. The Morgan fingerprint density at radius 1 is 1.10 bits per heavy atom. The lowest BCUT2D eigenvalue weighted by Gasteiger charge is -2.26. The number of benzene rings is 2. The molecule has 1 spiro atoms. The molecule has 2 amide bonds. The van der Waals surface area contributed by atoms with Crippen molar-refractivity contribution in [2.45, 2.75) is 24.7 Å². The predicted molar refractivity (Wildman–Crippen MR) is 106 cm³/mol. The molecule has 1 aliphatic heterocycles. The number of hydrogen-bond donors (Lipinski definition) is 3. The van der Waals surface area contributed by atoms with Crippen molar-refractivity contribution in [2.75, 3.05) is 18.5 Å². The van der Waals surface area contributed by atoms with Gasteiger partial charge in [0.25, 0.3) is 0 Å². The maximum atomic E-state index is 12.8. The average molecular weight is 394 g/mol. The van der Waals surface area contributed by atoms with Gasteiger partial charge in [-0.3, -0.25) is 14.4 Å². The average Bonchev–Trinajstić information content (AvgIpc) is 3.43. The van der Waals surface area contributed by atoms with Crippen LogP contribution >= 0.6 is 0 Å². The van der Waals surface area contributed by atoms with E-state index in [9.17, 15) is 14.4 Å². The van der Waals surface area contributed by atoms with Gasteiger partial charge >= 0.3 is 5.97 Å². The van der Waals surface area contributed by atoms with Gasteiger partial charge in [-0.05, 0) is 36.6 Å². The molecule has 0 aromatic heterocycles. The third-order valence-electron chi connectivity index (χ3n) is 5.64. The van der Waals surface area contributed by atoms with Gasteiger partial charge in [-0.1, -0.05) is 30.3 Å². The van der Waals surface area contributed by atoms with Crippen molar-refractivity contribution in [3.05, 3.63) is 59.7 Å². The Balaban J connectivity index is 1.36. The first-order chi connectivity index (χ1) is 14.0. The Kier molecular flexibility index (Phi) is 4.96. The predicted octanol–water partition coefficient (Wildman–Crippen LogP) is 2.11. The van der Waals surface area contributed by atoms with Crippen molar-refractivity contribution < 1.29 is 24.2 Å². The Labute approximate surface area is 168 Å². The van der Waals surface area contributed by atoms with E-state index in [2.05, 4.69) is 10.6 Å². The summed E-state index contributed by atoms with van der Waals surface area (Å²) in [6, 6.07) is 14.9. The Morgan fingerprint density at radius 3 is 2.62 bits per heavy atom. The van der Waals surface area contributed by atoms with Crippen LogP contribution in [0.4, 0.5) is 5.69 Å². The van der Waals surface area contributed by atoms with E-state index in [1.54, 1.807) is 24.3 Å². The van der Waals surface area contributed by atoms with Gasteiger partial charge in [-0.15, -0.1) is 0 Å². The molecule has 2 aromatic rings. The molecule has 2 aromatic carbocycles. The summed E-state index contributed by atoms with van der Waals surface area (Å²) < 4.78 is 5.72. The van der Waals surface area contributed by atoms with Crippen molar-refractivity contribution in [2.24, 2.45) is 5.92 Å². The van der Waals surface area contributed by atoms with Crippen LogP contribution in [0, 0.1) is 5.92 Å². The van der Waals surface area contributed by atoms with E-state index >= 15 is 0 Å². The SMILES string of the molecule is O=C(O)CNC(=O)Cc1ccc(NC(=O)[C@@H]2C[C@]23CCOc2ccccc23)cc1. The molecule has 1 saturated carbocycles. The van der Waals surface area contributed by atoms with Crippen molar-refractivity contribution in [3.8, 4) is 5.75 Å². The van der Waals surface area contributed by atoms with E-state index in [0.29, 0.717) is 12.3 Å². The van der Waals surface area contributed by atoms with Gasteiger partial charge in [0.1, 0.15) is 12.3 Å². The molecule has 7 heteroatoms. The topological polar surface area (TPSA) is 105 Å². The van der Waals surface area contributed by atoms with Crippen LogP contribution < -0.4 is 15.4 Å². The van der Waals surface area contributed by atoms with E-state index in [0.717, 1.165) is 29.7 Å². The first kappa shape index (κ1) is 19.0. The van der Waals surface area contributed by atoms with Crippen molar-refractivity contribution >= 4 is 23.5 Å². The number of carbonyl (C=O) groups excluding carboxylic acids is 2. The number of carbonyl (C=O) groups is 3. The van der Waals surface area contributed by atoms with Crippen molar-refractivity contribution in [3.63, 3.8) is 0 Å². The monoisotopic (exact) mass is 394 g/mol. The van der Waals surface area contributed by atoms with Gasteiger partial charge in [-0.2, -0.15) is 0 Å². The second kappa shape index (κ2) is 7.58. The van der Waals surface area contributed by atoms with Crippen LogP contribution in [0.3, 0.4) is 0 Å². The molecule has 1 heterocycles. The lowest BCUT2D eigenvalue weighted by Crippen LogP contribution is -2.30. The van der Waals surface area contributed by atoms with Gasteiger partial charge in [0.15, 0.2) is 0 Å². The van der Waals surface area contributed by atoms with Gasteiger partial charge in [0, 0.05) is 22.6 Å². The number of hydrogen-bond acceptors (Lipinski definition) is 4. The summed E-state index contributed by atoms with van der Waals surface area (Å²) >= 11 is 0. The maximum Gasteiger partial charge on any atom is 0.322 e. The summed E-state index contributed by atoms with van der Waals surface area (Å²) in [6.07, 6.45) is 1.75. The molecule has 0 saturated heterocycles. The lowest BCUT2D eigenvalue weighted by atomic mass is 9.87. The number of ether oxygens (including phenoxy) is 1. The fourth-order valence-electron chi connectivity index (χ4n) is 4.06. The van der Waals surface area contributed by atoms with Crippen LogP contribution in [-0.2, 0) is 26.2 Å². The highest BCUT2D eigenvalue weighted by Gasteiger charge is 2.60. The van der Waals surface area contributed by atoms with Crippen LogP contribution in [0.5, 0.6) is 5.75 Å². The minimum absolute atomic E-state index is 0.00588. The zero-order valence-electron chi connectivity index (χ0n) is 15.8.